The Morgan fingerprint density at radius 3 is 2.74 bits per heavy atom. The van der Waals surface area contributed by atoms with Crippen molar-refractivity contribution >= 4 is 46.2 Å². The number of thiophene rings is 1. The third kappa shape index (κ3) is 5.90. The number of nitrogens with zero attached hydrogens (tertiary/aromatic N) is 4. The molecule has 0 saturated carbocycles. The summed E-state index contributed by atoms with van der Waals surface area (Å²) in [5.41, 5.74) is 3.80. The van der Waals surface area contributed by atoms with Crippen LogP contribution in [0.2, 0.25) is 0 Å². The van der Waals surface area contributed by atoms with Gasteiger partial charge in [-0.1, -0.05) is 18.3 Å². The van der Waals surface area contributed by atoms with Crippen LogP contribution in [0, 0.1) is 6.92 Å². The monoisotopic (exact) mass is 553 g/mol. The number of thiocarbonyl (C=S) groups is 1. The SMILES string of the molecule is Cc1cc(C(=O)N2CCCCc3sccc32)ccc1CNC(=O)N1CCC[C@H]1C(=S)N1CCCN(C)CC1. The van der Waals surface area contributed by atoms with Crippen LogP contribution in [0.25, 0.3) is 0 Å². The van der Waals surface area contributed by atoms with Crippen molar-refractivity contribution in [2.45, 2.75) is 58.0 Å². The van der Waals surface area contributed by atoms with Crippen LogP contribution < -0.4 is 10.2 Å². The van der Waals surface area contributed by atoms with Crippen LogP contribution in [0.1, 0.15) is 58.5 Å². The molecule has 2 fully saturated rings. The predicted molar refractivity (Wildman–Crippen MR) is 158 cm³/mol. The zero-order valence-electron chi connectivity index (χ0n) is 22.6. The lowest BCUT2D eigenvalue weighted by Crippen LogP contribution is -2.50. The predicted octanol–water partition coefficient (Wildman–Crippen LogP) is 4.68. The van der Waals surface area contributed by atoms with Gasteiger partial charge in [0.1, 0.15) is 4.99 Å². The van der Waals surface area contributed by atoms with Crippen LogP contribution in [0.4, 0.5) is 10.5 Å². The van der Waals surface area contributed by atoms with E-state index < -0.39 is 0 Å². The van der Waals surface area contributed by atoms with Gasteiger partial charge >= 0.3 is 6.03 Å². The number of hydrogen-bond donors (Lipinski definition) is 1. The number of carbonyl (C=O) groups excluding carboxylic acids is 2. The van der Waals surface area contributed by atoms with Crippen LogP contribution in [-0.2, 0) is 13.0 Å². The smallest absolute Gasteiger partial charge is 0.318 e. The molecule has 2 aromatic rings. The molecule has 0 radical (unpaired) electrons. The molecule has 0 unspecified atom stereocenters. The Bertz CT molecular complexity index is 1180. The number of aryl methyl sites for hydroxylation is 2. The zero-order chi connectivity index (χ0) is 26.6. The number of likely N-dealkylation sites (tertiary alicyclic amines) is 1. The lowest BCUT2D eigenvalue weighted by molar-refractivity contribution is 0.0987. The summed E-state index contributed by atoms with van der Waals surface area (Å²) in [4.78, 5) is 37.4. The molecule has 38 heavy (non-hydrogen) atoms. The van der Waals surface area contributed by atoms with Gasteiger partial charge in [-0.25, -0.2) is 4.79 Å². The van der Waals surface area contributed by atoms with Crippen LogP contribution in [0.15, 0.2) is 29.6 Å². The van der Waals surface area contributed by atoms with Crippen molar-refractivity contribution in [1.29, 1.82) is 0 Å². The van der Waals surface area contributed by atoms with E-state index in [1.165, 1.54) is 4.88 Å². The van der Waals surface area contributed by atoms with Crippen LogP contribution in [0.3, 0.4) is 0 Å². The van der Waals surface area contributed by atoms with E-state index in [0.29, 0.717) is 12.1 Å². The fourth-order valence-electron chi connectivity index (χ4n) is 5.85. The zero-order valence-corrected chi connectivity index (χ0v) is 24.2. The van der Waals surface area contributed by atoms with E-state index in [4.69, 9.17) is 12.2 Å². The first-order valence-electron chi connectivity index (χ1n) is 13.9. The Labute approximate surface area is 235 Å². The molecule has 3 amide bonds. The molecular formula is C29H39N5O2S2. The standard InChI is InChI=1S/C29H39N5O2S2/c1-21-19-22(27(35)33-14-4-3-8-26-24(33)11-18-38-26)9-10-23(21)20-30-29(36)34-15-5-7-25(34)28(37)32-13-6-12-31(2)16-17-32/h9-11,18-19,25H,3-8,12-17,20H2,1-2H3,(H,30,36)/t25-/m0/s1. The highest BCUT2D eigenvalue weighted by Gasteiger charge is 2.34. The molecule has 5 rings (SSSR count). The maximum absolute atomic E-state index is 13.4. The molecule has 9 heteroatoms. The first-order chi connectivity index (χ1) is 18.4. The van der Waals surface area contributed by atoms with Crippen molar-refractivity contribution in [2.75, 3.05) is 51.2 Å². The van der Waals surface area contributed by atoms with Gasteiger partial charge in [0.05, 0.1) is 11.7 Å². The van der Waals surface area contributed by atoms with E-state index in [-0.39, 0.29) is 18.0 Å². The van der Waals surface area contributed by atoms with Gasteiger partial charge in [0.25, 0.3) is 5.91 Å². The van der Waals surface area contributed by atoms with E-state index in [1.807, 2.05) is 34.9 Å². The minimum Gasteiger partial charge on any atom is -0.363 e. The normalized spacial score (nSPS) is 20.6. The van der Waals surface area contributed by atoms with Crippen molar-refractivity contribution in [1.82, 2.24) is 20.0 Å². The molecule has 0 aliphatic carbocycles. The minimum atomic E-state index is -0.0594. The summed E-state index contributed by atoms with van der Waals surface area (Å²) in [6.45, 7) is 7.92. The maximum Gasteiger partial charge on any atom is 0.318 e. The number of hydrogen-bond acceptors (Lipinski definition) is 5. The summed E-state index contributed by atoms with van der Waals surface area (Å²) in [6.07, 6.45) is 6.19. The minimum absolute atomic E-state index is 0.00915. The van der Waals surface area contributed by atoms with Crippen molar-refractivity contribution in [3.63, 3.8) is 0 Å². The van der Waals surface area contributed by atoms with E-state index >= 15 is 0 Å². The van der Waals surface area contributed by atoms with Crippen LogP contribution in [-0.4, -0.2) is 84.0 Å². The average molecular weight is 554 g/mol. The van der Waals surface area contributed by atoms with Gasteiger partial charge in [-0.2, -0.15) is 0 Å². The average Bonchev–Trinajstić information content (AvgIpc) is 3.49. The second-order valence-corrected chi connectivity index (χ2v) is 12.2. The molecule has 3 aliphatic rings. The number of rotatable bonds is 4. The van der Waals surface area contributed by atoms with Crippen molar-refractivity contribution < 1.29 is 9.59 Å². The molecule has 0 spiro atoms. The molecule has 7 nitrogen and oxygen atoms in total. The van der Waals surface area contributed by atoms with Gasteiger partial charge in [0.15, 0.2) is 0 Å². The molecule has 0 bridgehead atoms. The van der Waals surface area contributed by atoms with Gasteiger partial charge in [0, 0.05) is 49.7 Å². The summed E-state index contributed by atoms with van der Waals surface area (Å²) in [5.74, 6) is 0.0540. The third-order valence-electron chi connectivity index (χ3n) is 8.14. The summed E-state index contributed by atoms with van der Waals surface area (Å²) in [6, 6.07) is 7.85. The van der Waals surface area contributed by atoms with E-state index in [9.17, 15) is 9.59 Å². The first kappa shape index (κ1) is 27.1. The topological polar surface area (TPSA) is 59.1 Å². The van der Waals surface area contributed by atoms with E-state index in [1.54, 1.807) is 11.3 Å². The molecule has 1 N–H and O–H groups in total. The Morgan fingerprint density at radius 1 is 1.03 bits per heavy atom. The highest BCUT2D eigenvalue weighted by molar-refractivity contribution is 7.80. The number of benzene rings is 1. The molecule has 1 aromatic carbocycles. The van der Waals surface area contributed by atoms with Gasteiger partial charge < -0.3 is 24.9 Å². The summed E-state index contributed by atoms with van der Waals surface area (Å²) >= 11 is 7.64. The van der Waals surface area contributed by atoms with Crippen molar-refractivity contribution in [3.05, 3.63) is 51.2 Å². The number of likely N-dealkylation sites (N-methyl/N-ethyl adjacent to an activating group) is 1. The molecule has 1 atom stereocenters. The van der Waals surface area contributed by atoms with Gasteiger partial charge in [-0.05, 0) is 93.7 Å². The second-order valence-electron chi connectivity index (χ2n) is 10.8. The maximum atomic E-state index is 13.4. The number of anilines is 1. The molecule has 3 aliphatic heterocycles. The first-order valence-corrected chi connectivity index (χ1v) is 15.2. The summed E-state index contributed by atoms with van der Waals surface area (Å²) in [5, 5.41) is 5.21. The Balaban J connectivity index is 1.20. The lowest BCUT2D eigenvalue weighted by Gasteiger charge is -2.32. The Hall–Kier alpha value is -2.49. The number of nitrogens with one attached hydrogen (secondary N) is 1. The van der Waals surface area contributed by atoms with Gasteiger partial charge in [-0.15, -0.1) is 11.3 Å². The number of amides is 3. The molecule has 2 saturated heterocycles. The summed E-state index contributed by atoms with van der Waals surface area (Å²) < 4.78 is 0. The highest BCUT2D eigenvalue weighted by atomic mass is 32.1. The quantitative estimate of drug-likeness (QED) is 0.558. The molecular weight excluding hydrogens is 514 g/mol. The van der Waals surface area contributed by atoms with E-state index in [0.717, 1.165) is 99.6 Å². The fourth-order valence-corrected chi connectivity index (χ4v) is 7.20. The molecule has 204 valence electrons. The fraction of sp³-hybridized carbons (Fsp3) is 0.552. The van der Waals surface area contributed by atoms with Gasteiger partial charge in [-0.3, -0.25) is 4.79 Å². The number of fused-ring (bicyclic) bond motifs is 1. The van der Waals surface area contributed by atoms with Crippen LogP contribution >= 0.6 is 23.6 Å². The lowest BCUT2D eigenvalue weighted by atomic mass is 10.0. The Morgan fingerprint density at radius 2 is 1.89 bits per heavy atom. The number of carbonyl (C=O) groups is 2. The third-order valence-corrected chi connectivity index (χ3v) is 9.64. The molecule has 4 heterocycles. The van der Waals surface area contributed by atoms with Crippen molar-refractivity contribution in [3.8, 4) is 0 Å². The summed E-state index contributed by atoms with van der Waals surface area (Å²) in [7, 11) is 2.15. The van der Waals surface area contributed by atoms with Crippen molar-refractivity contribution in [2.24, 2.45) is 0 Å². The van der Waals surface area contributed by atoms with E-state index in [2.05, 4.69) is 33.6 Å². The molecule has 1 aromatic heterocycles. The van der Waals surface area contributed by atoms with Gasteiger partial charge in [0.2, 0.25) is 0 Å². The van der Waals surface area contributed by atoms with Crippen LogP contribution in [0.5, 0.6) is 0 Å². The largest absolute Gasteiger partial charge is 0.363 e. The highest BCUT2D eigenvalue weighted by Crippen LogP contribution is 2.32. The second kappa shape index (κ2) is 12.1. The number of urea groups is 1. The Kier molecular flexibility index (Phi) is 8.65.